The van der Waals surface area contributed by atoms with E-state index in [4.69, 9.17) is 19.9 Å². The Labute approximate surface area is 232 Å². The number of halogens is 1. The fraction of sp³-hybridized carbons (Fsp3) is 0.357. The molecule has 0 unspecified atom stereocenters. The second-order valence-corrected chi connectivity index (χ2v) is 9.84. The number of nitrogens with one attached hydrogen (secondary N) is 3. The third kappa shape index (κ3) is 9.70. The molecule has 0 bridgehead atoms. The molecule has 2 heterocycles. The van der Waals surface area contributed by atoms with Crippen molar-refractivity contribution in [2.45, 2.75) is 38.8 Å². The minimum atomic E-state index is -0.862. The average Bonchev–Trinajstić information content (AvgIpc) is 2.89. The molecule has 40 heavy (non-hydrogen) atoms. The van der Waals surface area contributed by atoms with E-state index in [0.717, 1.165) is 11.6 Å². The summed E-state index contributed by atoms with van der Waals surface area (Å²) in [5.74, 6) is -1.43. The van der Waals surface area contributed by atoms with Crippen molar-refractivity contribution in [2.24, 2.45) is 5.73 Å². The molecular formula is C28H35FN6O5. The predicted molar refractivity (Wildman–Crippen MR) is 149 cm³/mol. The first-order valence-corrected chi connectivity index (χ1v) is 12.7. The third-order valence-corrected chi connectivity index (χ3v) is 5.33. The lowest BCUT2D eigenvalue weighted by Crippen LogP contribution is -2.40. The number of alkyl carbamates (subject to hydrolysis) is 1. The van der Waals surface area contributed by atoms with Crippen molar-refractivity contribution in [1.82, 2.24) is 15.3 Å². The molecule has 2 aromatic heterocycles. The molecule has 2 amide bonds. The van der Waals surface area contributed by atoms with E-state index in [9.17, 15) is 9.59 Å². The van der Waals surface area contributed by atoms with Crippen LogP contribution in [0.3, 0.4) is 0 Å². The van der Waals surface area contributed by atoms with Gasteiger partial charge < -0.3 is 35.9 Å². The molecular weight excluding hydrogens is 519 g/mol. The number of carbonyl (C=O) groups excluding carboxylic acids is 2. The summed E-state index contributed by atoms with van der Waals surface area (Å²) in [7, 11) is 1.56. The molecule has 0 aliphatic carbocycles. The van der Waals surface area contributed by atoms with Crippen LogP contribution in [0.25, 0.3) is 0 Å². The highest BCUT2D eigenvalue weighted by atomic mass is 19.1. The number of amides is 2. The Morgan fingerprint density at radius 3 is 2.50 bits per heavy atom. The molecule has 12 heteroatoms. The van der Waals surface area contributed by atoms with E-state index in [1.807, 2.05) is 30.3 Å². The van der Waals surface area contributed by atoms with Gasteiger partial charge in [0.15, 0.2) is 11.6 Å². The monoisotopic (exact) mass is 554 g/mol. The quantitative estimate of drug-likeness (QED) is 0.230. The molecule has 0 fully saturated rings. The van der Waals surface area contributed by atoms with Gasteiger partial charge in [0.1, 0.15) is 18.0 Å². The van der Waals surface area contributed by atoms with Gasteiger partial charge in [-0.1, -0.05) is 30.3 Å². The third-order valence-electron chi connectivity index (χ3n) is 5.33. The van der Waals surface area contributed by atoms with Crippen LogP contribution in [0.1, 0.15) is 36.7 Å². The molecule has 0 spiro atoms. The smallest absolute Gasteiger partial charge is 0.407 e. The molecule has 5 N–H and O–H groups in total. The van der Waals surface area contributed by atoms with Gasteiger partial charge in [0, 0.05) is 37.6 Å². The van der Waals surface area contributed by atoms with Crippen molar-refractivity contribution >= 4 is 29.3 Å². The number of nitrogens with two attached hydrogens (primary N) is 1. The van der Waals surface area contributed by atoms with Crippen molar-refractivity contribution in [3.05, 3.63) is 71.7 Å². The Balaban J connectivity index is 1.85. The molecule has 0 saturated carbocycles. The topological polar surface area (TPSA) is 150 Å². The molecule has 1 aromatic carbocycles. The molecule has 11 nitrogen and oxygen atoms in total. The maximum Gasteiger partial charge on any atom is 0.407 e. The van der Waals surface area contributed by atoms with Crippen molar-refractivity contribution in [3.63, 3.8) is 0 Å². The molecule has 0 radical (unpaired) electrons. The summed E-state index contributed by atoms with van der Waals surface area (Å²) >= 11 is 0. The largest absolute Gasteiger partial charge is 0.475 e. The Kier molecular flexibility index (Phi) is 10.6. The fourth-order valence-electron chi connectivity index (χ4n) is 3.59. The number of benzene rings is 1. The van der Waals surface area contributed by atoms with E-state index in [-0.39, 0.29) is 23.7 Å². The van der Waals surface area contributed by atoms with E-state index in [1.165, 1.54) is 6.20 Å². The van der Waals surface area contributed by atoms with Crippen molar-refractivity contribution in [2.75, 3.05) is 37.5 Å². The van der Waals surface area contributed by atoms with Gasteiger partial charge in [0.25, 0.3) is 5.91 Å². The number of carbonyl (C=O) groups is 2. The van der Waals surface area contributed by atoms with Crippen LogP contribution in [-0.4, -0.2) is 60.5 Å². The maximum absolute atomic E-state index is 15.2. The van der Waals surface area contributed by atoms with Crippen molar-refractivity contribution < 1.29 is 28.2 Å². The molecule has 0 aliphatic rings. The van der Waals surface area contributed by atoms with Gasteiger partial charge in [-0.3, -0.25) is 4.79 Å². The lowest BCUT2D eigenvalue weighted by Gasteiger charge is -2.24. The number of nitrogens with zero attached hydrogens (tertiary/aromatic N) is 2. The summed E-state index contributed by atoms with van der Waals surface area (Å²) < 4.78 is 31.0. The van der Waals surface area contributed by atoms with Crippen LogP contribution in [-0.2, 0) is 15.9 Å². The molecule has 1 atom stereocenters. The van der Waals surface area contributed by atoms with E-state index >= 15 is 4.39 Å². The molecule has 0 saturated heterocycles. The number of pyridine rings is 2. The van der Waals surface area contributed by atoms with Crippen LogP contribution >= 0.6 is 0 Å². The number of rotatable bonds is 13. The number of aromatic nitrogens is 2. The minimum Gasteiger partial charge on any atom is -0.475 e. The molecule has 3 rings (SSSR count). The first kappa shape index (κ1) is 30.1. The fourth-order valence-corrected chi connectivity index (χ4v) is 3.59. The second-order valence-electron chi connectivity index (χ2n) is 9.84. The van der Waals surface area contributed by atoms with Gasteiger partial charge in [-0.15, -0.1) is 0 Å². The van der Waals surface area contributed by atoms with Gasteiger partial charge in [-0.25, -0.2) is 19.2 Å². The van der Waals surface area contributed by atoms with Crippen LogP contribution in [0.4, 0.5) is 26.5 Å². The number of hydrogen-bond acceptors (Lipinski definition) is 9. The number of methoxy groups -OCH3 is 1. The summed E-state index contributed by atoms with van der Waals surface area (Å²) in [6, 6.07) is 13.3. The minimum absolute atomic E-state index is 0.0315. The highest BCUT2D eigenvalue weighted by Gasteiger charge is 2.21. The molecule has 214 valence electrons. The summed E-state index contributed by atoms with van der Waals surface area (Å²) in [4.78, 5) is 32.9. The predicted octanol–water partition coefficient (Wildman–Crippen LogP) is 4.03. The number of hydrogen-bond donors (Lipinski definition) is 4. The normalized spacial score (nSPS) is 11.8. The zero-order chi connectivity index (χ0) is 29.1. The number of primary amides is 1. The SMILES string of the molecule is COCCOc1cc(Nc2nc(N[C@@H](CNC(=O)OC(C)(C)C)Cc3ccccc3)c(F)cc2C(N)=O)ccn1. The van der Waals surface area contributed by atoms with Gasteiger partial charge in [-0.05, 0) is 44.9 Å². The first-order valence-electron chi connectivity index (χ1n) is 12.7. The van der Waals surface area contributed by atoms with Crippen LogP contribution in [0, 0.1) is 5.82 Å². The number of ether oxygens (including phenoxy) is 3. The Morgan fingerprint density at radius 1 is 1.07 bits per heavy atom. The van der Waals surface area contributed by atoms with Crippen LogP contribution in [0.5, 0.6) is 5.88 Å². The van der Waals surface area contributed by atoms with Gasteiger partial charge >= 0.3 is 6.09 Å². The summed E-state index contributed by atoms with van der Waals surface area (Å²) in [5.41, 5.74) is 6.14. The second kappa shape index (κ2) is 14.1. The van der Waals surface area contributed by atoms with E-state index in [1.54, 1.807) is 40.0 Å². The summed E-state index contributed by atoms with van der Waals surface area (Å²) in [5, 5.41) is 8.76. The van der Waals surface area contributed by atoms with Gasteiger partial charge in [0.2, 0.25) is 5.88 Å². The molecule has 3 aromatic rings. The summed E-state index contributed by atoms with van der Waals surface area (Å²) in [6.45, 7) is 6.07. The standard InChI is InChI=1S/C28H35FN6O5/c1-28(2,3)40-27(37)32-17-20(14-18-8-6-5-7-9-18)34-26-22(29)16-21(24(30)36)25(35-26)33-19-10-11-31-23(15-19)39-13-12-38-4/h5-11,15-16,20H,12-14,17H2,1-4H3,(H2,30,36)(H,32,37)(H2,31,33,34,35)/t20-/m1/s1. The lowest BCUT2D eigenvalue weighted by atomic mass is 10.1. The van der Waals surface area contributed by atoms with Crippen molar-refractivity contribution in [1.29, 1.82) is 0 Å². The zero-order valence-electron chi connectivity index (χ0n) is 23.0. The first-order chi connectivity index (χ1) is 19.0. The maximum atomic E-state index is 15.2. The number of anilines is 3. The zero-order valence-corrected chi connectivity index (χ0v) is 23.0. The molecule has 0 aliphatic heterocycles. The van der Waals surface area contributed by atoms with Crippen LogP contribution < -0.4 is 26.4 Å². The average molecular weight is 555 g/mol. The van der Waals surface area contributed by atoms with Crippen molar-refractivity contribution in [3.8, 4) is 5.88 Å². The highest BCUT2D eigenvalue weighted by Crippen LogP contribution is 2.26. The van der Waals surface area contributed by atoms with Gasteiger partial charge in [0.05, 0.1) is 12.2 Å². The van der Waals surface area contributed by atoms with E-state index < -0.39 is 29.5 Å². The lowest BCUT2D eigenvalue weighted by molar-refractivity contribution is 0.0525. The van der Waals surface area contributed by atoms with Gasteiger partial charge in [-0.2, -0.15) is 0 Å². The summed E-state index contributed by atoms with van der Waals surface area (Å²) in [6.07, 6.45) is 1.34. The Morgan fingerprint density at radius 2 is 1.82 bits per heavy atom. The Hall–Kier alpha value is -4.45. The van der Waals surface area contributed by atoms with E-state index in [0.29, 0.717) is 31.2 Å². The van der Waals surface area contributed by atoms with E-state index in [2.05, 4.69) is 25.9 Å². The highest BCUT2D eigenvalue weighted by molar-refractivity contribution is 5.98. The van der Waals surface area contributed by atoms with Crippen LogP contribution in [0.15, 0.2) is 54.7 Å². The van der Waals surface area contributed by atoms with Crippen LogP contribution in [0.2, 0.25) is 0 Å². The Bertz CT molecular complexity index is 1290.